The van der Waals surface area contributed by atoms with E-state index in [9.17, 15) is 9.59 Å². The van der Waals surface area contributed by atoms with Crippen LogP contribution in [0, 0.1) is 0 Å². The number of rotatable bonds is 4. The lowest BCUT2D eigenvalue weighted by molar-refractivity contribution is -0.119. The van der Waals surface area contributed by atoms with Gasteiger partial charge in [0.1, 0.15) is 16.9 Å². The van der Waals surface area contributed by atoms with E-state index in [1.165, 1.54) is 7.11 Å². The van der Waals surface area contributed by atoms with E-state index >= 15 is 0 Å². The van der Waals surface area contributed by atoms with Gasteiger partial charge in [0.15, 0.2) is 0 Å². The van der Waals surface area contributed by atoms with E-state index in [0.717, 1.165) is 0 Å². The highest BCUT2D eigenvalue weighted by Gasteiger charge is 2.52. The molecule has 0 aromatic heterocycles. The number of nitrogens with one attached hydrogen (secondary N) is 2. The molecule has 0 aliphatic heterocycles. The van der Waals surface area contributed by atoms with Crippen LogP contribution in [0.1, 0.15) is 33.6 Å². The quantitative estimate of drug-likeness (QED) is 0.881. The number of hydrogen-bond donors (Lipinski definition) is 2. The highest BCUT2D eigenvalue weighted by molar-refractivity contribution is 6.32. The van der Waals surface area contributed by atoms with Gasteiger partial charge in [-0.05, 0) is 51.8 Å². The fourth-order valence-corrected chi connectivity index (χ4v) is 2.29. The number of anilines is 1. The van der Waals surface area contributed by atoms with Crippen LogP contribution in [0.3, 0.4) is 0 Å². The minimum absolute atomic E-state index is 0.287. The zero-order valence-electron chi connectivity index (χ0n) is 13.7. The number of carbonyl (C=O) groups is 2. The van der Waals surface area contributed by atoms with Crippen molar-refractivity contribution in [3.8, 4) is 5.75 Å². The molecule has 0 radical (unpaired) electrons. The molecule has 1 fully saturated rings. The van der Waals surface area contributed by atoms with Crippen LogP contribution < -0.4 is 15.4 Å². The van der Waals surface area contributed by atoms with E-state index in [4.69, 9.17) is 21.1 Å². The van der Waals surface area contributed by atoms with Crippen LogP contribution in [0.5, 0.6) is 5.75 Å². The largest absolute Gasteiger partial charge is 0.495 e. The van der Waals surface area contributed by atoms with Crippen molar-refractivity contribution in [3.63, 3.8) is 0 Å². The summed E-state index contributed by atoms with van der Waals surface area (Å²) in [6.07, 6.45) is 0.544. The number of hydrogen-bond acceptors (Lipinski definition) is 4. The summed E-state index contributed by atoms with van der Waals surface area (Å²) in [6, 6.07) is 4.95. The molecule has 1 aromatic rings. The maximum Gasteiger partial charge on any atom is 0.408 e. The predicted octanol–water partition coefficient (Wildman–Crippen LogP) is 3.34. The third-order valence-corrected chi connectivity index (χ3v) is 3.63. The third kappa shape index (κ3) is 4.51. The first-order valence-corrected chi connectivity index (χ1v) is 7.69. The molecule has 23 heavy (non-hydrogen) atoms. The van der Waals surface area contributed by atoms with Crippen LogP contribution in [0.4, 0.5) is 10.5 Å². The SMILES string of the molecule is COc1ccc(NC(=O)C2(NC(=O)OC(C)(C)C)CC2)cc1Cl. The predicted molar refractivity (Wildman–Crippen MR) is 88.0 cm³/mol. The topological polar surface area (TPSA) is 76.7 Å². The highest BCUT2D eigenvalue weighted by atomic mass is 35.5. The van der Waals surface area contributed by atoms with Gasteiger partial charge in [-0.1, -0.05) is 11.6 Å². The second kappa shape index (κ2) is 6.28. The number of carbonyl (C=O) groups excluding carboxylic acids is 2. The first-order chi connectivity index (χ1) is 10.6. The Labute approximate surface area is 140 Å². The second-order valence-electron chi connectivity index (χ2n) is 6.51. The van der Waals surface area contributed by atoms with Crippen molar-refractivity contribution in [2.75, 3.05) is 12.4 Å². The van der Waals surface area contributed by atoms with Gasteiger partial charge in [0.05, 0.1) is 12.1 Å². The Bertz CT molecular complexity index is 621. The zero-order chi connectivity index (χ0) is 17.3. The summed E-state index contributed by atoms with van der Waals surface area (Å²) in [5, 5.41) is 5.80. The average Bonchev–Trinajstić information content (AvgIpc) is 3.17. The van der Waals surface area contributed by atoms with Crippen LogP contribution in [-0.2, 0) is 9.53 Å². The lowest BCUT2D eigenvalue weighted by Crippen LogP contribution is -2.47. The normalized spacial score (nSPS) is 15.5. The summed E-state index contributed by atoms with van der Waals surface area (Å²) in [5.74, 6) is 0.238. The number of methoxy groups -OCH3 is 1. The third-order valence-electron chi connectivity index (χ3n) is 3.33. The standard InChI is InChI=1S/C16H21ClN2O4/c1-15(2,3)23-14(21)19-16(7-8-16)13(20)18-10-5-6-12(22-4)11(17)9-10/h5-6,9H,7-8H2,1-4H3,(H,18,20)(H,19,21). The van der Waals surface area contributed by atoms with E-state index in [-0.39, 0.29) is 5.91 Å². The molecule has 0 saturated heterocycles. The van der Waals surface area contributed by atoms with Crippen LogP contribution in [0.25, 0.3) is 0 Å². The van der Waals surface area contributed by atoms with Crippen molar-refractivity contribution in [2.24, 2.45) is 0 Å². The van der Waals surface area contributed by atoms with E-state index in [2.05, 4.69) is 10.6 Å². The lowest BCUT2D eigenvalue weighted by Gasteiger charge is -2.23. The summed E-state index contributed by atoms with van der Waals surface area (Å²) in [5.41, 5.74) is -0.979. The molecule has 0 unspecified atom stereocenters. The molecule has 1 aliphatic rings. The molecule has 1 aromatic carbocycles. The molecule has 2 N–H and O–H groups in total. The number of benzene rings is 1. The Morgan fingerprint density at radius 2 is 1.91 bits per heavy atom. The van der Waals surface area contributed by atoms with Gasteiger partial charge in [-0.15, -0.1) is 0 Å². The average molecular weight is 341 g/mol. The van der Waals surface area contributed by atoms with Gasteiger partial charge in [0.25, 0.3) is 0 Å². The molecule has 126 valence electrons. The molecular weight excluding hydrogens is 320 g/mol. The number of halogens is 1. The maximum atomic E-state index is 12.4. The van der Waals surface area contributed by atoms with Crippen molar-refractivity contribution in [3.05, 3.63) is 23.2 Å². The van der Waals surface area contributed by atoms with Gasteiger partial charge >= 0.3 is 6.09 Å². The number of ether oxygens (including phenoxy) is 2. The number of alkyl carbamates (subject to hydrolysis) is 1. The van der Waals surface area contributed by atoms with Crippen molar-refractivity contribution in [1.29, 1.82) is 0 Å². The second-order valence-corrected chi connectivity index (χ2v) is 6.92. The van der Waals surface area contributed by atoms with Crippen molar-refractivity contribution in [2.45, 2.75) is 44.8 Å². The van der Waals surface area contributed by atoms with Gasteiger partial charge < -0.3 is 20.1 Å². The van der Waals surface area contributed by atoms with Gasteiger partial charge in [-0.2, -0.15) is 0 Å². The molecule has 1 aliphatic carbocycles. The summed E-state index contributed by atoms with van der Waals surface area (Å²) >= 11 is 6.03. The first kappa shape index (κ1) is 17.4. The Morgan fingerprint density at radius 3 is 2.39 bits per heavy atom. The molecule has 0 spiro atoms. The smallest absolute Gasteiger partial charge is 0.408 e. The van der Waals surface area contributed by atoms with E-state index < -0.39 is 17.2 Å². The van der Waals surface area contributed by atoms with Gasteiger partial charge in [-0.25, -0.2) is 4.79 Å². The van der Waals surface area contributed by atoms with Crippen LogP contribution in [-0.4, -0.2) is 30.3 Å². The van der Waals surface area contributed by atoms with Crippen molar-refractivity contribution < 1.29 is 19.1 Å². The lowest BCUT2D eigenvalue weighted by atomic mass is 10.2. The van der Waals surface area contributed by atoms with Crippen molar-refractivity contribution >= 4 is 29.3 Å². The molecule has 1 saturated carbocycles. The minimum Gasteiger partial charge on any atom is -0.495 e. The Balaban J connectivity index is 2.00. The summed E-state index contributed by atoms with van der Waals surface area (Å²) in [4.78, 5) is 24.3. The number of amides is 2. The highest BCUT2D eigenvalue weighted by Crippen LogP contribution is 2.37. The molecule has 0 bridgehead atoms. The fourth-order valence-electron chi connectivity index (χ4n) is 2.03. The molecular formula is C16H21ClN2O4. The van der Waals surface area contributed by atoms with Crippen LogP contribution >= 0.6 is 11.6 Å². The van der Waals surface area contributed by atoms with Crippen LogP contribution in [0.15, 0.2) is 18.2 Å². The molecule has 2 rings (SSSR count). The Hall–Kier alpha value is -1.95. The summed E-state index contributed by atoms with van der Waals surface area (Å²) in [6.45, 7) is 5.31. The maximum absolute atomic E-state index is 12.4. The van der Waals surface area contributed by atoms with E-state index in [1.54, 1.807) is 39.0 Å². The van der Waals surface area contributed by atoms with E-state index in [0.29, 0.717) is 29.3 Å². The Kier molecular flexibility index (Phi) is 4.75. The Morgan fingerprint density at radius 1 is 1.26 bits per heavy atom. The first-order valence-electron chi connectivity index (χ1n) is 7.31. The van der Waals surface area contributed by atoms with Crippen LogP contribution in [0.2, 0.25) is 5.02 Å². The minimum atomic E-state index is -0.908. The van der Waals surface area contributed by atoms with E-state index in [1.807, 2.05) is 0 Å². The summed E-state index contributed by atoms with van der Waals surface area (Å²) in [7, 11) is 1.52. The van der Waals surface area contributed by atoms with Gasteiger partial charge in [0, 0.05) is 5.69 Å². The monoisotopic (exact) mass is 340 g/mol. The molecule has 0 atom stereocenters. The van der Waals surface area contributed by atoms with Gasteiger partial charge in [-0.3, -0.25) is 4.79 Å². The van der Waals surface area contributed by atoms with Gasteiger partial charge in [0.2, 0.25) is 5.91 Å². The summed E-state index contributed by atoms with van der Waals surface area (Å²) < 4.78 is 10.3. The molecule has 6 nitrogen and oxygen atoms in total. The molecule has 2 amide bonds. The molecule has 7 heteroatoms. The van der Waals surface area contributed by atoms with Crippen molar-refractivity contribution in [1.82, 2.24) is 5.32 Å². The zero-order valence-corrected chi connectivity index (χ0v) is 14.4. The molecule has 0 heterocycles. The fraction of sp³-hybridized carbons (Fsp3) is 0.500.